The van der Waals surface area contributed by atoms with Crippen LogP contribution in [0.15, 0.2) is 30.6 Å². The van der Waals surface area contributed by atoms with E-state index in [0.717, 1.165) is 23.7 Å². The Labute approximate surface area is 127 Å². The van der Waals surface area contributed by atoms with E-state index < -0.39 is 0 Å². The van der Waals surface area contributed by atoms with E-state index in [-0.39, 0.29) is 0 Å². The summed E-state index contributed by atoms with van der Waals surface area (Å²) in [5, 5.41) is 3.18. The Bertz CT molecular complexity index is 607. The lowest BCUT2D eigenvalue weighted by Crippen LogP contribution is -2.21. The summed E-state index contributed by atoms with van der Waals surface area (Å²) in [6.07, 6.45) is 1.63. The second-order valence-corrected chi connectivity index (χ2v) is 5.40. The van der Waals surface area contributed by atoms with Gasteiger partial charge in [-0.25, -0.2) is 9.97 Å². The molecular weight excluding hydrogens is 260 g/mol. The van der Waals surface area contributed by atoms with Crippen LogP contribution in [0.1, 0.15) is 37.8 Å². The van der Waals surface area contributed by atoms with Gasteiger partial charge in [-0.1, -0.05) is 32.0 Å². The van der Waals surface area contributed by atoms with Crippen molar-refractivity contribution in [3.8, 4) is 0 Å². The van der Waals surface area contributed by atoms with Gasteiger partial charge in [0.15, 0.2) is 0 Å². The monoisotopic (exact) mass is 284 g/mol. The lowest BCUT2D eigenvalue weighted by Gasteiger charge is -2.28. The second kappa shape index (κ2) is 6.57. The number of para-hydroxylation sites is 1. The first kappa shape index (κ1) is 15.3. The topological polar surface area (TPSA) is 41.1 Å². The van der Waals surface area contributed by atoms with Crippen LogP contribution in [0.25, 0.3) is 0 Å². The fourth-order valence-electron chi connectivity index (χ4n) is 2.63. The van der Waals surface area contributed by atoms with E-state index in [1.54, 1.807) is 6.33 Å². The molecule has 2 aromatic rings. The fraction of sp³-hybridized carbons (Fsp3) is 0.412. The average Bonchev–Trinajstić information content (AvgIpc) is 2.49. The van der Waals surface area contributed by atoms with Crippen molar-refractivity contribution in [3.63, 3.8) is 0 Å². The summed E-state index contributed by atoms with van der Waals surface area (Å²) in [5.74, 6) is 2.24. The van der Waals surface area contributed by atoms with Crippen molar-refractivity contribution < 1.29 is 0 Å². The number of anilines is 3. The van der Waals surface area contributed by atoms with Gasteiger partial charge in [-0.05, 0) is 31.4 Å². The van der Waals surface area contributed by atoms with Crippen molar-refractivity contribution in [1.82, 2.24) is 9.97 Å². The van der Waals surface area contributed by atoms with Gasteiger partial charge in [0.05, 0.1) is 0 Å². The third-order valence-electron chi connectivity index (χ3n) is 3.66. The maximum Gasteiger partial charge on any atom is 0.142 e. The number of nitrogens with one attached hydrogen (secondary N) is 1. The highest BCUT2D eigenvalue weighted by atomic mass is 15.2. The zero-order valence-corrected chi connectivity index (χ0v) is 13.5. The molecule has 0 unspecified atom stereocenters. The van der Waals surface area contributed by atoms with E-state index in [9.17, 15) is 0 Å². The van der Waals surface area contributed by atoms with Crippen molar-refractivity contribution in [2.75, 3.05) is 23.8 Å². The molecule has 1 aromatic carbocycles. The smallest absolute Gasteiger partial charge is 0.142 e. The Hall–Kier alpha value is -2.10. The number of rotatable bonds is 5. The molecule has 4 heteroatoms. The zero-order chi connectivity index (χ0) is 15.4. The van der Waals surface area contributed by atoms with Gasteiger partial charge < -0.3 is 10.2 Å². The van der Waals surface area contributed by atoms with Gasteiger partial charge in [-0.15, -0.1) is 0 Å². The molecule has 21 heavy (non-hydrogen) atoms. The van der Waals surface area contributed by atoms with Gasteiger partial charge in [0.1, 0.15) is 18.0 Å². The molecule has 0 saturated carbocycles. The van der Waals surface area contributed by atoms with Crippen LogP contribution in [0, 0.1) is 6.92 Å². The Morgan fingerprint density at radius 3 is 2.48 bits per heavy atom. The number of hydrogen-bond acceptors (Lipinski definition) is 4. The summed E-state index contributed by atoms with van der Waals surface area (Å²) in [7, 11) is 1.90. The molecule has 0 aliphatic heterocycles. The number of aromatic nitrogens is 2. The van der Waals surface area contributed by atoms with E-state index in [1.165, 1.54) is 11.3 Å². The molecule has 0 aliphatic rings. The molecule has 2 rings (SSSR count). The molecule has 0 bridgehead atoms. The SMILES string of the molecule is CCN(c1ccccc1C)c1ncnc(NC)c1C(C)C. The molecule has 0 fully saturated rings. The molecule has 0 atom stereocenters. The lowest BCUT2D eigenvalue weighted by atomic mass is 10.0. The van der Waals surface area contributed by atoms with Gasteiger partial charge in [0.25, 0.3) is 0 Å². The minimum atomic E-state index is 0.349. The largest absolute Gasteiger partial charge is 0.373 e. The summed E-state index contributed by atoms with van der Waals surface area (Å²) < 4.78 is 0. The summed E-state index contributed by atoms with van der Waals surface area (Å²) in [6, 6.07) is 8.41. The molecular formula is C17H24N4. The van der Waals surface area contributed by atoms with Crippen molar-refractivity contribution in [2.24, 2.45) is 0 Å². The number of nitrogens with zero attached hydrogens (tertiary/aromatic N) is 3. The van der Waals surface area contributed by atoms with E-state index in [2.05, 4.69) is 72.1 Å². The summed E-state index contributed by atoms with van der Waals surface area (Å²) in [4.78, 5) is 11.2. The minimum Gasteiger partial charge on any atom is -0.373 e. The Morgan fingerprint density at radius 1 is 1.19 bits per heavy atom. The summed E-state index contributed by atoms with van der Waals surface area (Å²) in [5.41, 5.74) is 3.60. The first-order valence-corrected chi connectivity index (χ1v) is 7.45. The van der Waals surface area contributed by atoms with Crippen LogP contribution in [-0.4, -0.2) is 23.6 Å². The predicted octanol–water partition coefficient (Wildman–Crippen LogP) is 4.11. The van der Waals surface area contributed by atoms with Crippen LogP contribution in [-0.2, 0) is 0 Å². The van der Waals surface area contributed by atoms with Crippen LogP contribution in [0.5, 0.6) is 0 Å². The van der Waals surface area contributed by atoms with Crippen LogP contribution < -0.4 is 10.2 Å². The van der Waals surface area contributed by atoms with Gasteiger partial charge in [-0.2, -0.15) is 0 Å². The number of hydrogen-bond donors (Lipinski definition) is 1. The normalized spacial score (nSPS) is 10.8. The molecule has 1 aromatic heterocycles. The molecule has 0 radical (unpaired) electrons. The van der Waals surface area contributed by atoms with Gasteiger partial charge in [0, 0.05) is 24.8 Å². The average molecular weight is 284 g/mol. The summed E-state index contributed by atoms with van der Waals surface area (Å²) >= 11 is 0. The van der Waals surface area contributed by atoms with Crippen LogP contribution in [0.4, 0.5) is 17.3 Å². The van der Waals surface area contributed by atoms with E-state index >= 15 is 0 Å². The zero-order valence-electron chi connectivity index (χ0n) is 13.5. The molecule has 4 nitrogen and oxygen atoms in total. The molecule has 0 saturated heterocycles. The Kier molecular flexibility index (Phi) is 4.78. The highest BCUT2D eigenvalue weighted by molar-refractivity contribution is 5.70. The quantitative estimate of drug-likeness (QED) is 0.897. The molecule has 0 amide bonds. The predicted molar refractivity (Wildman–Crippen MR) is 89.5 cm³/mol. The van der Waals surface area contributed by atoms with E-state index in [1.807, 2.05) is 7.05 Å². The maximum absolute atomic E-state index is 4.57. The molecule has 1 N–H and O–H groups in total. The second-order valence-electron chi connectivity index (χ2n) is 5.40. The minimum absolute atomic E-state index is 0.349. The van der Waals surface area contributed by atoms with Crippen molar-refractivity contribution >= 4 is 17.3 Å². The lowest BCUT2D eigenvalue weighted by molar-refractivity contribution is 0.831. The Morgan fingerprint density at radius 2 is 1.90 bits per heavy atom. The van der Waals surface area contributed by atoms with Crippen molar-refractivity contribution in [3.05, 3.63) is 41.7 Å². The van der Waals surface area contributed by atoms with Crippen molar-refractivity contribution in [1.29, 1.82) is 0 Å². The third-order valence-corrected chi connectivity index (χ3v) is 3.66. The Balaban J connectivity index is 2.61. The van der Waals surface area contributed by atoms with Crippen LogP contribution >= 0.6 is 0 Å². The van der Waals surface area contributed by atoms with E-state index in [4.69, 9.17) is 0 Å². The maximum atomic E-state index is 4.57. The summed E-state index contributed by atoms with van der Waals surface area (Å²) in [6.45, 7) is 9.50. The van der Waals surface area contributed by atoms with Crippen molar-refractivity contribution in [2.45, 2.75) is 33.6 Å². The molecule has 112 valence electrons. The first-order valence-electron chi connectivity index (χ1n) is 7.45. The number of aryl methyl sites for hydroxylation is 1. The van der Waals surface area contributed by atoms with Gasteiger partial charge >= 0.3 is 0 Å². The van der Waals surface area contributed by atoms with Crippen LogP contribution in [0.3, 0.4) is 0 Å². The van der Waals surface area contributed by atoms with Gasteiger partial charge in [0.2, 0.25) is 0 Å². The molecule has 1 heterocycles. The highest BCUT2D eigenvalue weighted by Gasteiger charge is 2.20. The molecule has 0 spiro atoms. The molecule has 0 aliphatic carbocycles. The van der Waals surface area contributed by atoms with Gasteiger partial charge in [-0.3, -0.25) is 0 Å². The standard InChI is InChI=1S/C17H24N4/c1-6-21(14-10-8-7-9-13(14)4)17-15(12(2)3)16(18-5)19-11-20-17/h7-12H,6H2,1-5H3,(H,18,19,20). The first-order chi connectivity index (χ1) is 10.1. The van der Waals surface area contributed by atoms with E-state index in [0.29, 0.717) is 5.92 Å². The third kappa shape index (κ3) is 2.99. The van der Waals surface area contributed by atoms with Crippen LogP contribution in [0.2, 0.25) is 0 Å². The highest BCUT2D eigenvalue weighted by Crippen LogP contribution is 2.35. The fourth-order valence-corrected chi connectivity index (χ4v) is 2.63. The number of benzene rings is 1.